The fourth-order valence-corrected chi connectivity index (χ4v) is 4.15. The lowest BCUT2D eigenvalue weighted by atomic mass is 9.97. The molecule has 0 radical (unpaired) electrons. The lowest BCUT2D eigenvalue weighted by Crippen LogP contribution is -2.36. The Balaban J connectivity index is 1.43. The van der Waals surface area contributed by atoms with Crippen LogP contribution >= 0.6 is 11.3 Å². The number of pyridine rings is 1. The van der Waals surface area contributed by atoms with Crippen molar-refractivity contribution in [2.24, 2.45) is 0 Å². The first-order chi connectivity index (χ1) is 12.7. The van der Waals surface area contributed by atoms with Crippen LogP contribution in [0.5, 0.6) is 0 Å². The van der Waals surface area contributed by atoms with Gasteiger partial charge in [-0.3, -0.25) is 9.59 Å². The highest BCUT2D eigenvalue weighted by atomic mass is 32.1. The SMILES string of the molecule is O=C(/C=C/c1cc2ccccc2[nH]c1=O)N1CCC(c2nccs2)CC1. The number of aromatic amines is 1. The summed E-state index contributed by atoms with van der Waals surface area (Å²) in [5.74, 6) is 0.404. The number of piperidine rings is 1. The zero-order chi connectivity index (χ0) is 17.9. The molecular weight excluding hydrogens is 346 g/mol. The summed E-state index contributed by atoms with van der Waals surface area (Å²) < 4.78 is 0. The molecule has 2 aromatic heterocycles. The summed E-state index contributed by atoms with van der Waals surface area (Å²) in [5, 5.41) is 4.11. The van der Waals surface area contributed by atoms with Gasteiger partial charge in [0.15, 0.2) is 0 Å². The Labute approximate surface area is 155 Å². The maximum absolute atomic E-state index is 12.5. The van der Waals surface area contributed by atoms with E-state index in [4.69, 9.17) is 0 Å². The van der Waals surface area contributed by atoms with E-state index < -0.39 is 0 Å². The predicted molar refractivity (Wildman–Crippen MR) is 104 cm³/mol. The Morgan fingerprint density at radius 2 is 2.08 bits per heavy atom. The van der Waals surface area contributed by atoms with Crippen LogP contribution in [0.25, 0.3) is 17.0 Å². The molecule has 3 heterocycles. The molecule has 0 unspecified atom stereocenters. The number of H-pyrrole nitrogens is 1. The van der Waals surface area contributed by atoms with Crippen molar-refractivity contribution in [2.75, 3.05) is 13.1 Å². The number of para-hydroxylation sites is 1. The van der Waals surface area contributed by atoms with E-state index in [1.54, 1.807) is 17.4 Å². The number of rotatable bonds is 3. The average molecular weight is 365 g/mol. The number of carbonyl (C=O) groups excluding carboxylic acids is 1. The smallest absolute Gasteiger partial charge is 0.255 e. The van der Waals surface area contributed by atoms with E-state index in [2.05, 4.69) is 9.97 Å². The molecule has 1 aliphatic rings. The molecule has 3 aromatic rings. The van der Waals surface area contributed by atoms with Crippen LogP contribution in [0, 0.1) is 0 Å². The third-order valence-electron chi connectivity index (χ3n) is 4.79. The van der Waals surface area contributed by atoms with Crippen LogP contribution in [-0.2, 0) is 4.79 Å². The van der Waals surface area contributed by atoms with Crippen molar-refractivity contribution in [1.82, 2.24) is 14.9 Å². The number of nitrogens with zero attached hydrogens (tertiary/aromatic N) is 2. The van der Waals surface area contributed by atoms with Gasteiger partial charge in [-0.25, -0.2) is 4.98 Å². The van der Waals surface area contributed by atoms with Gasteiger partial charge in [-0.05, 0) is 36.4 Å². The highest BCUT2D eigenvalue weighted by Crippen LogP contribution is 2.29. The molecule has 5 nitrogen and oxygen atoms in total. The fraction of sp³-hybridized carbons (Fsp3) is 0.250. The lowest BCUT2D eigenvalue weighted by Gasteiger charge is -2.30. The normalized spacial score (nSPS) is 15.8. The molecule has 0 aliphatic carbocycles. The second-order valence-corrected chi connectivity index (χ2v) is 7.37. The molecule has 4 rings (SSSR count). The van der Waals surface area contributed by atoms with Gasteiger partial charge in [0.05, 0.1) is 5.01 Å². The summed E-state index contributed by atoms with van der Waals surface area (Å²) in [6, 6.07) is 9.42. The summed E-state index contributed by atoms with van der Waals surface area (Å²) in [5.41, 5.74) is 1.11. The third kappa shape index (κ3) is 3.46. The molecule has 1 aromatic carbocycles. The van der Waals surface area contributed by atoms with Crippen molar-refractivity contribution in [3.05, 3.63) is 68.9 Å². The molecule has 0 saturated carbocycles. The summed E-state index contributed by atoms with van der Waals surface area (Å²) in [4.78, 5) is 33.7. The van der Waals surface area contributed by atoms with Gasteiger partial charge in [0.2, 0.25) is 5.91 Å². The van der Waals surface area contributed by atoms with Gasteiger partial charge in [-0.1, -0.05) is 18.2 Å². The van der Waals surface area contributed by atoms with Gasteiger partial charge in [0, 0.05) is 47.7 Å². The Morgan fingerprint density at radius 1 is 1.27 bits per heavy atom. The van der Waals surface area contributed by atoms with E-state index in [9.17, 15) is 9.59 Å². The van der Waals surface area contributed by atoms with Crippen LogP contribution < -0.4 is 5.56 Å². The second-order valence-electron chi connectivity index (χ2n) is 6.44. The van der Waals surface area contributed by atoms with Gasteiger partial charge in [-0.2, -0.15) is 0 Å². The summed E-state index contributed by atoms with van der Waals surface area (Å²) >= 11 is 1.68. The van der Waals surface area contributed by atoms with Gasteiger partial charge in [0.1, 0.15) is 0 Å². The van der Waals surface area contributed by atoms with Crippen LogP contribution in [0.2, 0.25) is 0 Å². The number of carbonyl (C=O) groups is 1. The van der Waals surface area contributed by atoms with Crippen LogP contribution in [0.3, 0.4) is 0 Å². The number of amides is 1. The third-order valence-corrected chi connectivity index (χ3v) is 5.73. The Morgan fingerprint density at radius 3 is 2.85 bits per heavy atom. The zero-order valence-corrected chi connectivity index (χ0v) is 15.0. The van der Waals surface area contributed by atoms with E-state index >= 15 is 0 Å². The average Bonchev–Trinajstić information content (AvgIpc) is 3.21. The van der Waals surface area contributed by atoms with Gasteiger partial charge in [0.25, 0.3) is 5.56 Å². The first-order valence-electron chi connectivity index (χ1n) is 8.69. The molecule has 26 heavy (non-hydrogen) atoms. The Bertz CT molecular complexity index is 999. The number of hydrogen-bond donors (Lipinski definition) is 1. The lowest BCUT2D eigenvalue weighted by molar-refractivity contribution is -0.126. The van der Waals surface area contributed by atoms with Crippen molar-refractivity contribution in [3.63, 3.8) is 0 Å². The molecule has 1 N–H and O–H groups in total. The standard InChI is InChI=1S/C20H19N3O2S/c24-18(23-10-7-14(8-11-23)20-21-9-12-26-20)6-5-16-13-15-3-1-2-4-17(15)22-19(16)25/h1-6,9,12-14H,7-8,10-11H2,(H,22,25)/b6-5+. The number of fused-ring (bicyclic) bond motifs is 1. The quantitative estimate of drug-likeness (QED) is 0.724. The van der Waals surface area contributed by atoms with Crippen LogP contribution in [0.1, 0.15) is 29.3 Å². The van der Waals surface area contributed by atoms with Gasteiger partial charge < -0.3 is 9.88 Å². The second kappa shape index (κ2) is 7.25. The first kappa shape index (κ1) is 16.7. The number of nitrogens with one attached hydrogen (secondary N) is 1. The fourth-order valence-electron chi connectivity index (χ4n) is 3.34. The highest BCUT2D eigenvalue weighted by molar-refractivity contribution is 7.09. The maximum Gasteiger partial charge on any atom is 0.255 e. The molecular formula is C20H19N3O2S. The van der Waals surface area contributed by atoms with E-state index in [0.29, 0.717) is 11.5 Å². The van der Waals surface area contributed by atoms with Gasteiger partial charge in [-0.15, -0.1) is 11.3 Å². The Hall–Kier alpha value is -2.73. The van der Waals surface area contributed by atoms with E-state index in [-0.39, 0.29) is 11.5 Å². The van der Waals surface area contributed by atoms with Crippen LogP contribution in [-0.4, -0.2) is 33.9 Å². The number of likely N-dealkylation sites (tertiary alicyclic amines) is 1. The molecule has 0 atom stereocenters. The summed E-state index contributed by atoms with van der Waals surface area (Å²) in [6.45, 7) is 1.45. The van der Waals surface area contributed by atoms with Crippen molar-refractivity contribution in [2.45, 2.75) is 18.8 Å². The molecule has 1 amide bonds. The van der Waals surface area contributed by atoms with Crippen molar-refractivity contribution < 1.29 is 4.79 Å². The largest absolute Gasteiger partial charge is 0.339 e. The topological polar surface area (TPSA) is 66.1 Å². The minimum atomic E-state index is -0.185. The highest BCUT2D eigenvalue weighted by Gasteiger charge is 2.24. The Kier molecular flexibility index (Phi) is 4.67. The summed E-state index contributed by atoms with van der Waals surface area (Å²) in [6.07, 6.45) is 6.82. The van der Waals surface area contributed by atoms with E-state index in [1.807, 2.05) is 46.8 Å². The number of aromatic nitrogens is 2. The number of hydrogen-bond acceptors (Lipinski definition) is 4. The van der Waals surface area contributed by atoms with Gasteiger partial charge >= 0.3 is 0 Å². The minimum absolute atomic E-state index is 0.0462. The molecule has 0 spiro atoms. The van der Waals surface area contributed by atoms with Crippen molar-refractivity contribution in [1.29, 1.82) is 0 Å². The van der Waals surface area contributed by atoms with Crippen LogP contribution in [0.15, 0.2) is 52.8 Å². The molecule has 0 bridgehead atoms. The first-order valence-corrected chi connectivity index (χ1v) is 9.57. The molecule has 1 fully saturated rings. The minimum Gasteiger partial charge on any atom is -0.339 e. The van der Waals surface area contributed by atoms with E-state index in [0.717, 1.165) is 41.8 Å². The van der Waals surface area contributed by atoms with Crippen molar-refractivity contribution in [3.8, 4) is 0 Å². The molecule has 6 heteroatoms. The number of benzene rings is 1. The zero-order valence-electron chi connectivity index (χ0n) is 14.2. The van der Waals surface area contributed by atoms with E-state index in [1.165, 1.54) is 6.08 Å². The van der Waals surface area contributed by atoms with Crippen molar-refractivity contribution >= 4 is 34.2 Å². The predicted octanol–water partition coefficient (Wildman–Crippen LogP) is 3.40. The maximum atomic E-state index is 12.5. The van der Waals surface area contributed by atoms with Crippen LogP contribution in [0.4, 0.5) is 0 Å². The monoisotopic (exact) mass is 365 g/mol. The number of thiazole rings is 1. The summed E-state index contributed by atoms with van der Waals surface area (Å²) in [7, 11) is 0. The molecule has 1 aliphatic heterocycles. The molecule has 1 saturated heterocycles. The molecule has 132 valence electrons.